The van der Waals surface area contributed by atoms with Gasteiger partial charge in [0.2, 0.25) is 11.8 Å². The van der Waals surface area contributed by atoms with Crippen LogP contribution >= 0.6 is 0 Å². The van der Waals surface area contributed by atoms with E-state index in [2.05, 4.69) is 24.5 Å². The van der Waals surface area contributed by atoms with Gasteiger partial charge in [0.1, 0.15) is 0 Å². The van der Waals surface area contributed by atoms with Crippen molar-refractivity contribution in [2.45, 2.75) is 51.6 Å². The van der Waals surface area contributed by atoms with Gasteiger partial charge in [-0.2, -0.15) is 0 Å². The highest BCUT2D eigenvalue weighted by atomic mass is 16.2. The van der Waals surface area contributed by atoms with Crippen molar-refractivity contribution in [2.75, 3.05) is 20.1 Å². The van der Waals surface area contributed by atoms with Crippen LogP contribution in [0.3, 0.4) is 0 Å². The van der Waals surface area contributed by atoms with E-state index in [4.69, 9.17) is 0 Å². The molecule has 0 aliphatic carbocycles. The zero-order valence-electron chi connectivity index (χ0n) is 12.2. The highest BCUT2D eigenvalue weighted by Crippen LogP contribution is 2.30. The van der Waals surface area contributed by atoms with Crippen molar-refractivity contribution in [2.24, 2.45) is 5.41 Å². The Labute approximate surface area is 115 Å². The number of rotatable bonds is 2. The maximum absolute atomic E-state index is 12.4. The second-order valence-corrected chi connectivity index (χ2v) is 6.50. The van der Waals surface area contributed by atoms with Gasteiger partial charge in [0, 0.05) is 26.1 Å². The zero-order valence-corrected chi connectivity index (χ0v) is 12.2. The average Bonchev–Trinajstić information content (AvgIpc) is 2.33. The number of carbonyl (C=O) groups excluding carboxylic acids is 2. The molecule has 19 heavy (non-hydrogen) atoms. The van der Waals surface area contributed by atoms with E-state index >= 15 is 0 Å². The summed E-state index contributed by atoms with van der Waals surface area (Å²) < 4.78 is 0. The molecule has 2 saturated heterocycles. The molecular formula is C14H25N3O2. The van der Waals surface area contributed by atoms with Crippen molar-refractivity contribution in [3.8, 4) is 0 Å². The SMILES string of the molecule is CN1CC(NC(=O)C2NCCCC2(C)C)CCC1=O. The quantitative estimate of drug-likeness (QED) is 0.766. The minimum atomic E-state index is -0.121. The number of hydrogen-bond acceptors (Lipinski definition) is 3. The van der Waals surface area contributed by atoms with Crippen molar-refractivity contribution in [1.82, 2.24) is 15.5 Å². The molecule has 2 aliphatic heterocycles. The van der Waals surface area contributed by atoms with Crippen LogP contribution in [0.15, 0.2) is 0 Å². The fourth-order valence-corrected chi connectivity index (χ4v) is 3.07. The zero-order chi connectivity index (χ0) is 14.0. The summed E-state index contributed by atoms with van der Waals surface area (Å²) in [6, 6.07) is -0.0288. The van der Waals surface area contributed by atoms with E-state index in [1.807, 2.05) is 0 Å². The normalized spacial score (nSPS) is 31.1. The molecule has 0 aromatic rings. The van der Waals surface area contributed by atoms with Crippen LogP contribution in [0, 0.1) is 5.41 Å². The molecule has 5 heteroatoms. The molecule has 0 aromatic carbocycles. The third-order valence-corrected chi connectivity index (χ3v) is 4.36. The third kappa shape index (κ3) is 3.26. The summed E-state index contributed by atoms with van der Waals surface area (Å²) in [5.74, 6) is 0.249. The molecule has 108 valence electrons. The number of likely N-dealkylation sites (N-methyl/N-ethyl adjacent to an activating group) is 1. The Morgan fingerprint density at radius 2 is 2.21 bits per heavy atom. The molecule has 2 N–H and O–H groups in total. The van der Waals surface area contributed by atoms with Crippen LogP contribution in [0.1, 0.15) is 39.5 Å². The van der Waals surface area contributed by atoms with Crippen molar-refractivity contribution < 1.29 is 9.59 Å². The van der Waals surface area contributed by atoms with E-state index in [9.17, 15) is 9.59 Å². The van der Waals surface area contributed by atoms with E-state index in [0.717, 1.165) is 25.8 Å². The van der Waals surface area contributed by atoms with Gasteiger partial charge >= 0.3 is 0 Å². The van der Waals surface area contributed by atoms with Gasteiger partial charge in [-0.15, -0.1) is 0 Å². The average molecular weight is 267 g/mol. The van der Waals surface area contributed by atoms with Crippen molar-refractivity contribution >= 4 is 11.8 Å². The Morgan fingerprint density at radius 1 is 1.47 bits per heavy atom. The standard InChI is InChI=1S/C14H25N3O2/c1-14(2)7-4-8-15-12(14)13(19)16-10-5-6-11(18)17(3)9-10/h10,12,15H,4-9H2,1-3H3,(H,16,19). The van der Waals surface area contributed by atoms with Crippen LogP contribution in [0.4, 0.5) is 0 Å². The van der Waals surface area contributed by atoms with Crippen LogP contribution in [0.25, 0.3) is 0 Å². The molecule has 2 aliphatic rings. The van der Waals surface area contributed by atoms with Crippen LogP contribution in [-0.2, 0) is 9.59 Å². The molecule has 0 saturated carbocycles. The number of carbonyl (C=O) groups is 2. The van der Waals surface area contributed by atoms with Crippen molar-refractivity contribution in [3.63, 3.8) is 0 Å². The molecule has 2 rings (SSSR count). The first-order valence-corrected chi connectivity index (χ1v) is 7.18. The summed E-state index contributed by atoms with van der Waals surface area (Å²) in [5.41, 5.74) is -0.00127. The molecule has 2 fully saturated rings. The Balaban J connectivity index is 1.92. The lowest BCUT2D eigenvalue weighted by atomic mass is 9.77. The highest BCUT2D eigenvalue weighted by molar-refractivity contribution is 5.83. The molecule has 2 atom stereocenters. The minimum Gasteiger partial charge on any atom is -0.350 e. The largest absolute Gasteiger partial charge is 0.350 e. The first kappa shape index (κ1) is 14.3. The molecule has 0 aromatic heterocycles. The topological polar surface area (TPSA) is 61.4 Å². The monoisotopic (exact) mass is 267 g/mol. The number of hydrogen-bond donors (Lipinski definition) is 2. The molecule has 0 radical (unpaired) electrons. The summed E-state index contributed by atoms with van der Waals surface area (Å²) in [7, 11) is 1.80. The summed E-state index contributed by atoms with van der Waals surface area (Å²) >= 11 is 0. The van der Waals surface area contributed by atoms with E-state index in [1.165, 1.54) is 0 Å². The number of amides is 2. The fourth-order valence-electron chi connectivity index (χ4n) is 3.07. The number of likely N-dealkylation sites (tertiary alicyclic amines) is 1. The van der Waals surface area contributed by atoms with E-state index in [0.29, 0.717) is 13.0 Å². The van der Waals surface area contributed by atoms with Crippen LogP contribution in [0.2, 0.25) is 0 Å². The Kier molecular flexibility index (Phi) is 4.13. The molecule has 2 amide bonds. The lowest BCUT2D eigenvalue weighted by Crippen LogP contribution is -2.59. The minimum absolute atomic E-state index is 0.00127. The van der Waals surface area contributed by atoms with Gasteiger partial charge < -0.3 is 15.5 Å². The second kappa shape index (κ2) is 5.49. The van der Waals surface area contributed by atoms with Crippen LogP contribution < -0.4 is 10.6 Å². The summed E-state index contributed by atoms with van der Waals surface area (Å²) in [6.45, 7) is 5.81. The van der Waals surface area contributed by atoms with Crippen molar-refractivity contribution in [3.05, 3.63) is 0 Å². The molecule has 2 unspecified atom stereocenters. The number of piperidine rings is 2. The lowest BCUT2D eigenvalue weighted by Gasteiger charge is -2.39. The molecular weight excluding hydrogens is 242 g/mol. The maximum Gasteiger partial charge on any atom is 0.237 e. The first-order valence-electron chi connectivity index (χ1n) is 7.18. The Morgan fingerprint density at radius 3 is 2.84 bits per heavy atom. The van der Waals surface area contributed by atoms with Gasteiger partial charge in [-0.3, -0.25) is 9.59 Å². The number of nitrogens with one attached hydrogen (secondary N) is 2. The van der Waals surface area contributed by atoms with Crippen LogP contribution in [-0.4, -0.2) is 48.9 Å². The third-order valence-electron chi connectivity index (χ3n) is 4.36. The summed E-state index contributed by atoms with van der Waals surface area (Å²) in [6.07, 6.45) is 3.48. The predicted octanol–water partition coefficient (Wildman–Crippen LogP) is 0.502. The number of nitrogens with zero attached hydrogens (tertiary/aromatic N) is 1. The first-order chi connectivity index (χ1) is 8.90. The van der Waals surface area contributed by atoms with Gasteiger partial charge in [-0.05, 0) is 31.2 Å². The fraction of sp³-hybridized carbons (Fsp3) is 0.857. The molecule has 0 spiro atoms. The Bertz CT molecular complexity index is 368. The van der Waals surface area contributed by atoms with Gasteiger partial charge in [0.05, 0.1) is 6.04 Å². The van der Waals surface area contributed by atoms with Gasteiger partial charge in [0.15, 0.2) is 0 Å². The van der Waals surface area contributed by atoms with E-state index < -0.39 is 0 Å². The van der Waals surface area contributed by atoms with Gasteiger partial charge in [0.25, 0.3) is 0 Å². The second-order valence-electron chi connectivity index (χ2n) is 6.50. The maximum atomic E-state index is 12.4. The summed E-state index contributed by atoms with van der Waals surface area (Å²) in [4.78, 5) is 25.5. The highest BCUT2D eigenvalue weighted by Gasteiger charge is 2.38. The molecule has 5 nitrogen and oxygen atoms in total. The van der Waals surface area contributed by atoms with Crippen LogP contribution in [0.5, 0.6) is 0 Å². The van der Waals surface area contributed by atoms with E-state index in [1.54, 1.807) is 11.9 Å². The summed E-state index contributed by atoms with van der Waals surface area (Å²) in [5, 5.41) is 6.43. The van der Waals surface area contributed by atoms with E-state index in [-0.39, 0.29) is 29.3 Å². The Hall–Kier alpha value is -1.10. The van der Waals surface area contributed by atoms with Gasteiger partial charge in [-0.25, -0.2) is 0 Å². The predicted molar refractivity (Wildman–Crippen MR) is 73.6 cm³/mol. The van der Waals surface area contributed by atoms with Crippen molar-refractivity contribution in [1.29, 1.82) is 0 Å². The smallest absolute Gasteiger partial charge is 0.237 e. The lowest BCUT2D eigenvalue weighted by molar-refractivity contribution is -0.135. The molecule has 0 bridgehead atoms. The van der Waals surface area contributed by atoms with Gasteiger partial charge in [-0.1, -0.05) is 13.8 Å². The molecule has 2 heterocycles.